The first-order valence-corrected chi connectivity index (χ1v) is 20.8. The van der Waals surface area contributed by atoms with E-state index in [1.165, 1.54) is 20.3 Å². The molecule has 20 heteroatoms. The summed E-state index contributed by atoms with van der Waals surface area (Å²) in [5, 5.41) is 12.2. The number of carbonyl (C=O) groups excluding carboxylic acids is 2. The number of esters is 2. The van der Waals surface area contributed by atoms with Crippen LogP contribution in [0.25, 0.3) is 0 Å². The molecule has 0 aliphatic carbocycles. The number of ether oxygens (including phenoxy) is 2. The van der Waals surface area contributed by atoms with Crippen LogP contribution in [0.4, 0.5) is 13.2 Å². The second-order valence-electron chi connectivity index (χ2n) is 10.0. The van der Waals surface area contributed by atoms with E-state index in [9.17, 15) is 36.5 Å². The van der Waals surface area contributed by atoms with E-state index >= 15 is 0 Å². The van der Waals surface area contributed by atoms with Crippen LogP contribution < -0.4 is 10.2 Å². The lowest BCUT2D eigenvalue weighted by atomic mass is 10.2. The minimum absolute atomic E-state index is 0.186. The molecule has 0 spiro atoms. The lowest BCUT2D eigenvalue weighted by Crippen LogP contribution is -2.33. The first-order valence-electron chi connectivity index (χ1n) is 14.6. The van der Waals surface area contributed by atoms with Gasteiger partial charge in [-0.05, 0) is 38.8 Å². The number of carbonyl (C=O) groups is 2. The Hall–Kier alpha value is -2.42. The van der Waals surface area contributed by atoms with Gasteiger partial charge in [-0.25, -0.2) is 10.2 Å². The third-order valence-corrected chi connectivity index (χ3v) is 7.91. The van der Waals surface area contributed by atoms with Crippen LogP contribution in [0.2, 0.25) is 0 Å². The maximum absolute atomic E-state index is 12.2. The molecule has 0 aliphatic rings. The van der Waals surface area contributed by atoms with Gasteiger partial charge in [0.25, 0.3) is 15.0 Å². The van der Waals surface area contributed by atoms with E-state index < -0.39 is 59.4 Å². The van der Waals surface area contributed by atoms with Gasteiger partial charge in [-0.1, -0.05) is 60.7 Å². The predicted molar refractivity (Wildman–Crippen MR) is 179 cm³/mol. The molecule has 282 valence electrons. The van der Waals surface area contributed by atoms with Crippen LogP contribution in [0.1, 0.15) is 38.8 Å². The standard InChI is InChI=1S/C13H20NO4P.C8H11O3P.C6H14NO4P.C2H3F3O/c1-4-17-13(15)11(2)14-19(3,16)18-10-12-8-6-5-7-9-12;1-12(9,10)11-7-8-5-3-2-4-6-8;1-4-11-6(8)5(2)7-12(3,9)10;3-2(4,5)1-6/h5-9,11H,4,10H2,1-3H3,(H,14,16);2-6H,7H2,1H3,(H,9,10);5H,4H2,1-3H3,(H2,7,9,10);6H,1H2. The van der Waals surface area contributed by atoms with E-state index in [2.05, 4.69) is 14.9 Å². The monoisotopic (exact) mass is 766 g/mol. The number of benzene rings is 2. The van der Waals surface area contributed by atoms with E-state index in [0.717, 1.165) is 17.8 Å². The largest absolute Gasteiger partial charge is 0.465 e. The lowest BCUT2D eigenvalue weighted by Gasteiger charge is -2.19. The van der Waals surface area contributed by atoms with E-state index in [-0.39, 0.29) is 19.8 Å². The minimum Gasteiger partial charge on any atom is -0.465 e. The fourth-order valence-electron chi connectivity index (χ4n) is 2.93. The Morgan fingerprint density at radius 3 is 1.39 bits per heavy atom. The van der Waals surface area contributed by atoms with Crippen molar-refractivity contribution in [3.63, 3.8) is 0 Å². The normalized spacial score (nSPS) is 15.7. The van der Waals surface area contributed by atoms with Crippen LogP contribution in [-0.4, -0.2) is 84.9 Å². The van der Waals surface area contributed by atoms with Crippen molar-refractivity contribution in [2.75, 3.05) is 39.8 Å². The fraction of sp³-hybridized carbons (Fsp3) is 0.517. The highest BCUT2D eigenvalue weighted by molar-refractivity contribution is 7.56. The van der Waals surface area contributed by atoms with Crippen molar-refractivity contribution in [1.29, 1.82) is 0 Å². The molecule has 0 aromatic heterocycles. The Labute approximate surface area is 285 Å². The van der Waals surface area contributed by atoms with E-state index in [1.54, 1.807) is 20.8 Å². The number of nitrogens with one attached hydrogen (secondary N) is 2. The molecule has 0 fully saturated rings. The molecule has 0 bridgehead atoms. The van der Waals surface area contributed by atoms with Gasteiger partial charge < -0.3 is 33.4 Å². The summed E-state index contributed by atoms with van der Waals surface area (Å²) in [6.45, 7) is 9.48. The van der Waals surface area contributed by atoms with Gasteiger partial charge in [-0.2, -0.15) is 13.2 Å². The molecular weight excluding hydrogens is 718 g/mol. The number of halogens is 3. The van der Waals surface area contributed by atoms with Gasteiger partial charge in [0, 0.05) is 20.0 Å². The second kappa shape index (κ2) is 24.7. The zero-order chi connectivity index (χ0) is 38.3. The van der Waals surface area contributed by atoms with E-state index in [1.807, 2.05) is 60.7 Å². The third-order valence-electron chi connectivity index (χ3n) is 4.95. The topological polar surface area (TPSA) is 207 Å². The molecule has 2 aromatic rings. The Kier molecular flexibility index (Phi) is 24.5. The second-order valence-corrected chi connectivity index (χ2v) is 16.1. The summed E-state index contributed by atoms with van der Waals surface area (Å²) in [6.07, 6.45) is -4.40. The smallest absolute Gasteiger partial charge is 0.411 e. The van der Waals surface area contributed by atoms with Crippen molar-refractivity contribution in [2.45, 2.75) is 59.2 Å². The van der Waals surface area contributed by atoms with Crippen LogP contribution in [0.5, 0.6) is 0 Å². The molecule has 0 saturated carbocycles. The van der Waals surface area contributed by atoms with Gasteiger partial charge in [-0.3, -0.25) is 23.3 Å². The number of hydrogen-bond donors (Lipinski definition) is 5. The summed E-state index contributed by atoms with van der Waals surface area (Å²) in [4.78, 5) is 40.0. The molecule has 0 saturated heterocycles. The zero-order valence-corrected chi connectivity index (χ0v) is 31.1. The highest BCUT2D eigenvalue weighted by atomic mass is 31.2. The van der Waals surface area contributed by atoms with Gasteiger partial charge in [0.2, 0.25) is 0 Å². The summed E-state index contributed by atoms with van der Waals surface area (Å²) in [5.74, 6) is -0.957. The number of alkyl halides is 3. The molecule has 2 aromatic carbocycles. The first-order chi connectivity index (χ1) is 22.4. The van der Waals surface area contributed by atoms with Crippen molar-refractivity contribution in [1.82, 2.24) is 10.2 Å². The predicted octanol–water partition coefficient (Wildman–Crippen LogP) is 5.47. The Morgan fingerprint density at radius 2 is 1.08 bits per heavy atom. The highest BCUT2D eigenvalue weighted by Crippen LogP contribution is 2.39. The number of hydrogen-bond acceptors (Lipinski definition) is 10. The van der Waals surface area contributed by atoms with Crippen LogP contribution in [0.3, 0.4) is 0 Å². The molecule has 2 rings (SSSR count). The Balaban J connectivity index is 0. The fourth-order valence-corrected chi connectivity index (χ4v) is 5.42. The van der Waals surface area contributed by atoms with E-state index in [4.69, 9.17) is 28.7 Å². The molecule has 0 amide bonds. The van der Waals surface area contributed by atoms with Gasteiger partial charge in [-0.15, -0.1) is 0 Å². The number of rotatable bonds is 14. The molecule has 5 atom stereocenters. The summed E-state index contributed by atoms with van der Waals surface area (Å²) in [6, 6.07) is 17.3. The Bertz CT molecular complexity index is 1340. The molecule has 49 heavy (non-hydrogen) atoms. The van der Waals surface area contributed by atoms with Gasteiger partial charge >= 0.3 is 25.7 Å². The van der Waals surface area contributed by atoms with Crippen molar-refractivity contribution in [2.24, 2.45) is 0 Å². The molecule has 5 unspecified atom stereocenters. The average molecular weight is 767 g/mol. The molecule has 0 radical (unpaired) electrons. The molecule has 0 aliphatic heterocycles. The van der Waals surface area contributed by atoms with Gasteiger partial charge in [0.05, 0.1) is 26.4 Å². The maximum atomic E-state index is 12.2. The summed E-state index contributed by atoms with van der Waals surface area (Å²) in [5.41, 5.74) is 1.82. The van der Waals surface area contributed by atoms with Crippen molar-refractivity contribution < 1.29 is 69.9 Å². The highest BCUT2D eigenvalue weighted by Gasteiger charge is 2.25. The maximum Gasteiger partial charge on any atom is 0.411 e. The lowest BCUT2D eigenvalue weighted by molar-refractivity contribution is -0.159. The van der Waals surface area contributed by atoms with Crippen molar-refractivity contribution in [3.8, 4) is 0 Å². The average Bonchev–Trinajstić information content (AvgIpc) is 2.99. The van der Waals surface area contributed by atoms with Gasteiger partial charge in [0.1, 0.15) is 18.7 Å². The third kappa shape index (κ3) is 31.3. The van der Waals surface area contributed by atoms with Crippen LogP contribution in [-0.2, 0) is 55.0 Å². The van der Waals surface area contributed by atoms with Crippen LogP contribution in [0, 0.1) is 0 Å². The summed E-state index contributed by atoms with van der Waals surface area (Å²) >= 11 is 0. The number of aliphatic hydroxyl groups excluding tert-OH is 1. The minimum atomic E-state index is -4.40. The van der Waals surface area contributed by atoms with Crippen molar-refractivity contribution in [3.05, 3.63) is 71.8 Å². The zero-order valence-electron chi connectivity index (χ0n) is 28.5. The Morgan fingerprint density at radius 1 is 0.735 bits per heavy atom. The first kappa shape index (κ1) is 48.7. The molecule has 5 N–H and O–H groups in total. The molecule has 0 heterocycles. The SMILES string of the molecule is CCOC(=O)C(C)NP(C)(=O)O.CCOC(=O)C(C)NP(C)(=O)OCc1ccccc1.CP(=O)(O)OCc1ccccc1.OCC(F)(F)F. The van der Waals surface area contributed by atoms with E-state index in [0.29, 0.717) is 6.61 Å². The quantitative estimate of drug-likeness (QED) is 0.119. The summed E-state index contributed by atoms with van der Waals surface area (Å²) < 4.78 is 84.8. The van der Waals surface area contributed by atoms with Crippen molar-refractivity contribution >= 4 is 34.6 Å². The molecule has 14 nitrogen and oxygen atoms in total. The number of aliphatic hydroxyl groups is 1. The van der Waals surface area contributed by atoms with Crippen LogP contribution in [0.15, 0.2) is 60.7 Å². The summed E-state index contributed by atoms with van der Waals surface area (Å²) in [7, 11) is -9.72. The van der Waals surface area contributed by atoms with Crippen LogP contribution >= 0.6 is 22.6 Å². The molecular formula is C29H48F3N2O12P3. The van der Waals surface area contributed by atoms with Gasteiger partial charge in [0.15, 0.2) is 0 Å².